The molecule has 1 amide bonds. The Morgan fingerprint density at radius 3 is 2.29 bits per heavy atom. The van der Waals surface area contributed by atoms with E-state index in [-0.39, 0.29) is 17.2 Å². The van der Waals surface area contributed by atoms with Gasteiger partial charge in [-0.05, 0) is 67.3 Å². The van der Waals surface area contributed by atoms with Gasteiger partial charge < -0.3 is 14.8 Å². The largest absolute Gasteiger partial charge is 0.497 e. The number of methoxy groups -OCH3 is 2. The van der Waals surface area contributed by atoms with Gasteiger partial charge in [0.05, 0.1) is 19.1 Å². The van der Waals surface area contributed by atoms with Gasteiger partial charge >= 0.3 is 0 Å². The Morgan fingerprint density at radius 1 is 1.03 bits per heavy atom. The molecule has 0 saturated heterocycles. The highest BCUT2D eigenvalue weighted by Gasteiger charge is 2.23. The summed E-state index contributed by atoms with van der Waals surface area (Å²) in [7, 11) is -0.450. The Hall–Kier alpha value is -2.58. The highest BCUT2D eigenvalue weighted by atomic mass is 32.2. The fourth-order valence-electron chi connectivity index (χ4n) is 3.36. The van der Waals surface area contributed by atoms with Crippen LogP contribution in [0.25, 0.3) is 0 Å². The summed E-state index contributed by atoms with van der Waals surface area (Å²) in [5.41, 5.74) is 3.01. The zero-order chi connectivity index (χ0) is 23.2. The second-order valence-corrected chi connectivity index (χ2v) is 9.17. The molecular formula is C23H32N2O5S. The lowest BCUT2D eigenvalue weighted by Crippen LogP contribution is -2.30. The SMILES string of the molecule is CCN(CC)S(=O)(=O)c1cc(C)c(C)c(NC(=O)CCc2cc(OC)ccc2OC)c1. The molecule has 2 rings (SSSR count). The predicted octanol–water partition coefficient (Wildman–Crippen LogP) is 3.92. The van der Waals surface area contributed by atoms with E-state index in [4.69, 9.17) is 9.47 Å². The lowest BCUT2D eigenvalue weighted by molar-refractivity contribution is -0.116. The number of ether oxygens (including phenoxy) is 2. The van der Waals surface area contributed by atoms with E-state index in [9.17, 15) is 13.2 Å². The molecule has 2 aromatic carbocycles. The normalized spacial score (nSPS) is 11.5. The van der Waals surface area contributed by atoms with E-state index < -0.39 is 10.0 Å². The third-order valence-electron chi connectivity index (χ3n) is 5.37. The van der Waals surface area contributed by atoms with Crippen molar-refractivity contribution in [3.8, 4) is 11.5 Å². The summed E-state index contributed by atoms with van der Waals surface area (Å²) in [4.78, 5) is 12.9. The summed E-state index contributed by atoms with van der Waals surface area (Å²) in [6.07, 6.45) is 0.677. The molecule has 0 heterocycles. The molecule has 0 bridgehead atoms. The molecule has 0 aromatic heterocycles. The molecule has 0 aliphatic rings. The van der Waals surface area contributed by atoms with Gasteiger partial charge in [-0.2, -0.15) is 4.31 Å². The first-order valence-corrected chi connectivity index (χ1v) is 11.7. The van der Waals surface area contributed by atoms with Gasteiger partial charge in [0.25, 0.3) is 0 Å². The van der Waals surface area contributed by atoms with Crippen LogP contribution in [-0.4, -0.2) is 45.9 Å². The number of nitrogens with zero attached hydrogens (tertiary/aromatic N) is 1. The minimum atomic E-state index is -3.62. The number of hydrogen-bond acceptors (Lipinski definition) is 5. The Balaban J connectivity index is 2.23. The van der Waals surface area contributed by atoms with E-state index in [2.05, 4.69) is 5.32 Å². The van der Waals surface area contributed by atoms with Crippen LogP contribution in [0.5, 0.6) is 11.5 Å². The van der Waals surface area contributed by atoms with Crippen molar-refractivity contribution in [1.29, 1.82) is 0 Å². The first-order chi connectivity index (χ1) is 14.7. The molecule has 1 N–H and O–H groups in total. The van der Waals surface area contributed by atoms with Crippen molar-refractivity contribution in [1.82, 2.24) is 4.31 Å². The monoisotopic (exact) mass is 448 g/mol. The summed E-state index contributed by atoms with van der Waals surface area (Å²) in [6, 6.07) is 8.65. The molecule has 31 heavy (non-hydrogen) atoms. The van der Waals surface area contributed by atoms with Crippen molar-refractivity contribution in [2.45, 2.75) is 45.4 Å². The van der Waals surface area contributed by atoms with Crippen molar-refractivity contribution >= 4 is 21.6 Å². The van der Waals surface area contributed by atoms with Crippen molar-refractivity contribution in [2.75, 3.05) is 32.6 Å². The number of carbonyl (C=O) groups is 1. The quantitative estimate of drug-likeness (QED) is 0.595. The molecule has 2 aromatic rings. The van der Waals surface area contributed by atoms with Crippen LogP contribution in [-0.2, 0) is 21.2 Å². The van der Waals surface area contributed by atoms with Crippen molar-refractivity contribution in [3.63, 3.8) is 0 Å². The molecule has 0 aliphatic heterocycles. The number of anilines is 1. The fraction of sp³-hybridized carbons (Fsp3) is 0.435. The second kappa shape index (κ2) is 10.6. The third kappa shape index (κ3) is 5.77. The van der Waals surface area contributed by atoms with Gasteiger partial charge in [0, 0.05) is 25.2 Å². The van der Waals surface area contributed by atoms with E-state index in [1.54, 1.807) is 52.3 Å². The predicted molar refractivity (Wildman–Crippen MR) is 123 cm³/mol. The van der Waals surface area contributed by atoms with Crippen LogP contribution < -0.4 is 14.8 Å². The standard InChI is InChI=1S/C23H32N2O5S/c1-7-25(8-2)31(27,28)20-13-16(3)17(4)21(15-20)24-23(26)12-9-18-14-19(29-5)10-11-22(18)30-6/h10-11,13-15H,7-9,12H2,1-6H3,(H,24,26). The first kappa shape index (κ1) is 24.7. The Morgan fingerprint density at radius 2 is 1.71 bits per heavy atom. The highest BCUT2D eigenvalue weighted by molar-refractivity contribution is 7.89. The summed E-state index contributed by atoms with van der Waals surface area (Å²) in [5, 5.41) is 2.88. The average molecular weight is 449 g/mol. The number of sulfonamides is 1. The van der Waals surface area contributed by atoms with Crippen LogP contribution in [0.1, 0.15) is 37.0 Å². The van der Waals surface area contributed by atoms with Gasteiger partial charge in [-0.25, -0.2) is 8.42 Å². The van der Waals surface area contributed by atoms with Gasteiger partial charge in [0.15, 0.2) is 0 Å². The van der Waals surface area contributed by atoms with E-state index >= 15 is 0 Å². The molecule has 7 nitrogen and oxygen atoms in total. The molecular weight excluding hydrogens is 416 g/mol. The molecule has 0 atom stereocenters. The molecule has 0 unspecified atom stereocenters. The zero-order valence-electron chi connectivity index (χ0n) is 19.1. The van der Waals surface area contributed by atoms with E-state index in [0.29, 0.717) is 36.7 Å². The van der Waals surface area contributed by atoms with Gasteiger partial charge in [0.1, 0.15) is 11.5 Å². The fourth-order valence-corrected chi connectivity index (χ4v) is 4.93. The summed E-state index contributed by atoms with van der Waals surface area (Å²) < 4.78 is 37.9. The summed E-state index contributed by atoms with van der Waals surface area (Å²) >= 11 is 0. The summed E-state index contributed by atoms with van der Waals surface area (Å²) in [6.45, 7) is 8.08. The van der Waals surface area contributed by atoms with Gasteiger partial charge in [-0.15, -0.1) is 0 Å². The average Bonchev–Trinajstić information content (AvgIpc) is 2.75. The van der Waals surface area contributed by atoms with Gasteiger partial charge in [-0.1, -0.05) is 13.8 Å². The van der Waals surface area contributed by atoms with Crippen LogP contribution in [0.4, 0.5) is 5.69 Å². The Labute approximate surface area is 185 Å². The lowest BCUT2D eigenvalue weighted by Gasteiger charge is -2.20. The maximum atomic E-state index is 12.9. The minimum absolute atomic E-state index is 0.184. The van der Waals surface area contributed by atoms with Gasteiger partial charge in [0.2, 0.25) is 15.9 Å². The van der Waals surface area contributed by atoms with E-state index in [1.807, 2.05) is 19.9 Å². The summed E-state index contributed by atoms with van der Waals surface area (Å²) in [5.74, 6) is 1.18. The van der Waals surface area contributed by atoms with Gasteiger partial charge in [-0.3, -0.25) is 4.79 Å². The molecule has 0 saturated carbocycles. The van der Waals surface area contributed by atoms with Crippen LogP contribution >= 0.6 is 0 Å². The minimum Gasteiger partial charge on any atom is -0.497 e. The van der Waals surface area contributed by atoms with Crippen molar-refractivity contribution in [3.05, 3.63) is 47.0 Å². The number of hydrogen-bond donors (Lipinski definition) is 1. The van der Waals surface area contributed by atoms with Crippen molar-refractivity contribution < 1.29 is 22.7 Å². The zero-order valence-corrected chi connectivity index (χ0v) is 19.9. The molecule has 0 aliphatic carbocycles. The highest BCUT2D eigenvalue weighted by Crippen LogP contribution is 2.28. The Kier molecular flexibility index (Phi) is 8.47. The molecule has 0 fully saturated rings. The maximum Gasteiger partial charge on any atom is 0.243 e. The Bertz CT molecular complexity index is 1030. The molecule has 8 heteroatoms. The van der Waals surface area contributed by atoms with E-state index in [1.165, 1.54) is 4.31 Å². The lowest BCUT2D eigenvalue weighted by atomic mass is 10.1. The number of aryl methyl sites for hydroxylation is 2. The smallest absolute Gasteiger partial charge is 0.243 e. The number of nitrogens with one attached hydrogen (secondary N) is 1. The topological polar surface area (TPSA) is 84.9 Å². The van der Waals surface area contributed by atoms with Crippen LogP contribution in [0.3, 0.4) is 0 Å². The number of amides is 1. The number of benzene rings is 2. The third-order valence-corrected chi connectivity index (χ3v) is 7.39. The van der Waals surface area contributed by atoms with Crippen LogP contribution in [0, 0.1) is 13.8 Å². The number of rotatable bonds is 10. The van der Waals surface area contributed by atoms with E-state index in [0.717, 1.165) is 16.7 Å². The second-order valence-electron chi connectivity index (χ2n) is 7.23. The molecule has 0 radical (unpaired) electrons. The molecule has 170 valence electrons. The van der Waals surface area contributed by atoms with Crippen molar-refractivity contribution in [2.24, 2.45) is 0 Å². The van der Waals surface area contributed by atoms with Crippen LogP contribution in [0.2, 0.25) is 0 Å². The maximum absolute atomic E-state index is 12.9. The van der Waals surface area contributed by atoms with Crippen LogP contribution in [0.15, 0.2) is 35.2 Å². The number of carbonyl (C=O) groups excluding carboxylic acids is 1. The molecule has 0 spiro atoms. The first-order valence-electron chi connectivity index (χ1n) is 10.3.